The summed E-state index contributed by atoms with van der Waals surface area (Å²) >= 11 is 0. The molecular weight excluding hydrogens is 289 g/mol. The molecule has 0 aliphatic carbocycles. The van der Waals surface area contributed by atoms with Crippen LogP contribution >= 0.6 is 0 Å². The van der Waals surface area contributed by atoms with E-state index in [1.165, 1.54) is 19.1 Å². The van der Waals surface area contributed by atoms with Crippen molar-refractivity contribution < 1.29 is 23.8 Å². The number of carbonyl (C=O) groups excluding carboxylic acids is 1. The fourth-order valence-corrected chi connectivity index (χ4v) is 1.86. The number of aryl methyl sites for hydroxylation is 1. The number of hydrogen-bond acceptors (Lipinski definition) is 3. The third-order valence-electron chi connectivity index (χ3n) is 3.00. The van der Waals surface area contributed by atoms with E-state index < -0.39 is 23.4 Å². The van der Waals surface area contributed by atoms with Gasteiger partial charge in [-0.05, 0) is 24.1 Å². The van der Waals surface area contributed by atoms with Crippen LogP contribution in [0.4, 0.5) is 14.9 Å². The third-order valence-corrected chi connectivity index (χ3v) is 3.00. The maximum absolute atomic E-state index is 13.8. The lowest BCUT2D eigenvalue weighted by Gasteiger charge is -2.11. The molecule has 2 N–H and O–H groups in total. The lowest BCUT2D eigenvalue weighted by molar-refractivity contribution is 0.0693. The maximum Gasteiger partial charge on any atom is 0.411 e. The molecule has 0 atom stereocenters. The molecule has 2 aromatic rings. The molecule has 0 heterocycles. The first-order valence-corrected chi connectivity index (χ1v) is 6.49. The van der Waals surface area contributed by atoms with Crippen molar-refractivity contribution in [2.24, 2.45) is 0 Å². The van der Waals surface area contributed by atoms with Gasteiger partial charge in [0.1, 0.15) is 18.0 Å². The van der Waals surface area contributed by atoms with Crippen molar-refractivity contribution in [2.75, 3.05) is 5.32 Å². The van der Waals surface area contributed by atoms with E-state index in [9.17, 15) is 14.0 Å². The van der Waals surface area contributed by atoms with Crippen molar-refractivity contribution >= 4 is 17.7 Å². The average Bonchev–Trinajstić information content (AvgIpc) is 2.50. The number of halogens is 1. The summed E-state index contributed by atoms with van der Waals surface area (Å²) in [6.07, 6.45) is -0.852. The molecule has 0 radical (unpaired) electrons. The van der Waals surface area contributed by atoms with Gasteiger partial charge in [-0.25, -0.2) is 14.0 Å². The van der Waals surface area contributed by atoms with Gasteiger partial charge in [0.2, 0.25) is 0 Å². The van der Waals surface area contributed by atoms with Crippen LogP contribution in [-0.2, 0) is 11.3 Å². The van der Waals surface area contributed by atoms with E-state index >= 15 is 0 Å². The average molecular weight is 303 g/mol. The maximum atomic E-state index is 13.8. The number of carbonyl (C=O) groups is 2. The zero-order valence-electron chi connectivity index (χ0n) is 11.8. The quantitative estimate of drug-likeness (QED) is 0.905. The Morgan fingerprint density at radius 1 is 1.18 bits per heavy atom. The highest BCUT2D eigenvalue weighted by Gasteiger charge is 2.19. The summed E-state index contributed by atoms with van der Waals surface area (Å²) in [5.41, 5.74) is 0.233. The topological polar surface area (TPSA) is 75.6 Å². The number of ether oxygens (including phenoxy) is 1. The largest absolute Gasteiger partial charge is 0.478 e. The molecular formula is C16H14FNO4. The van der Waals surface area contributed by atoms with Gasteiger partial charge in [0, 0.05) is 0 Å². The highest BCUT2D eigenvalue weighted by Crippen LogP contribution is 2.22. The number of benzene rings is 2. The van der Waals surface area contributed by atoms with E-state index in [0.717, 1.165) is 5.56 Å². The molecule has 0 spiro atoms. The van der Waals surface area contributed by atoms with E-state index in [0.29, 0.717) is 0 Å². The monoisotopic (exact) mass is 303 g/mol. The van der Waals surface area contributed by atoms with E-state index in [1.54, 1.807) is 24.3 Å². The van der Waals surface area contributed by atoms with Crippen LogP contribution < -0.4 is 5.32 Å². The Bertz CT molecular complexity index is 701. The molecule has 0 bridgehead atoms. The molecule has 0 saturated carbocycles. The number of hydrogen-bond donors (Lipinski definition) is 2. The third kappa shape index (κ3) is 3.60. The molecule has 6 heteroatoms. The second-order valence-corrected chi connectivity index (χ2v) is 4.61. The molecule has 0 saturated heterocycles. The summed E-state index contributed by atoms with van der Waals surface area (Å²) in [6.45, 7) is 1.47. The number of carboxylic acids is 1. The van der Waals surface area contributed by atoms with Crippen LogP contribution in [0.15, 0.2) is 42.5 Å². The van der Waals surface area contributed by atoms with Crippen LogP contribution in [0.25, 0.3) is 0 Å². The van der Waals surface area contributed by atoms with E-state index in [1.807, 2.05) is 6.07 Å². The molecule has 22 heavy (non-hydrogen) atoms. The number of carboxylic acid groups (broad SMARTS) is 1. The van der Waals surface area contributed by atoms with Gasteiger partial charge in [-0.3, -0.25) is 5.32 Å². The summed E-state index contributed by atoms with van der Waals surface area (Å²) in [5.74, 6) is -2.34. The Morgan fingerprint density at radius 3 is 2.50 bits per heavy atom. The summed E-state index contributed by atoms with van der Waals surface area (Å²) < 4.78 is 18.8. The lowest BCUT2D eigenvalue weighted by atomic mass is 10.1. The Labute approximate surface area is 126 Å². The first-order chi connectivity index (χ1) is 10.5. The first kappa shape index (κ1) is 15.5. The van der Waals surface area contributed by atoms with Gasteiger partial charge in [0.15, 0.2) is 0 Å². The van der Waals surface area contributed by atoms with Crippen molar-refractivity contribution in [2.45, 2.75) is 13.5 Å². The summed E-state index contributed by atoms with van der Waals surface area (Å²) in [5, 5.41) is 11.3. The zero-order chi connectivity index (χ0) is 16.1. The van der Waals surface area contributed by atoms with E-state index in [2.05, 4.69) is 5.32 Å². The Hall–Kier alpha value is -2.89. The van der Waals surface area contributed by atoms with Gasteiger partial charge in [0.25, 0.3) is 0 Å². The molecule has 0 fully saturated rings. The first-order valence-electron chi connectivity index (χ1n) is 6.49. The molecule has 0 aliphatic rings. The SMILES string of the molecule is Cc1ccc(NC(=O)OCc2ccccc2)c(C(=O)O)c1F. The summed E-state index contributed by atoms with van der Waals surface area (Å²) in [7, 11) is 0. The van der Waals surface area contributed by atoms with Crippen molar-refractivity contribution in [3.8, 4) is 0 Å². The standard InChI is InChI=1S/C16H14FNO4/c1-10-7-8-12(13(14(10)17)15(19)20)18-16(21)22-9-11-5-3-2-4-6-11/h2-8H,9H2,1H3,(H,18,21)(H,19,20). The van der Waals surface area contributed by atoms with Crippen LogP contribution in [-0.4, -0.2) is 17.2 Å². The molecule has 5 nitrogen and oxygen atoms in total. The van der Waals surface area contributed by atoms with Crippen molar-refractivity contribution in [1.82, 2.24) is 0 Å². The van der Waals surface area contributed by atoms with Gasteiger partial charge >= 0.3 is 12.1 Å². The molecule has 0 aliphatic heterocycles. The second-order valence-electron chi connectivity index (χ2n) is 4.61. The fraction of sp³-hybridized carbons (Fsp3) is 0.125. The van der Waals surface area contributed by atoms with Gasteiger partial charge in [-0.2, -0.15) is 0 Å². The minimum Gasteiger partial charge on any atom is -0.478 e. The van der Waals surface area contributed by atoms with Crippen molar-refractivity contribution in [3.05, 3.63) is 65.0 Å². The molecule has 1 amide bonds. The molecule has 2 rings (SSSR count). The number of aromatic carboxylic acids is 1. The summed E-state index contributed by atoms with van der Waals surface area (Å²) in [4.78, 5) is 22.8. The molecule has 0 aromatic heterocycles. The zero-order valence-corrected chi connectivity index (χ0v) is 11.8. The van der Waals surface area contributed by atoms with Gasteiger partial charge in [-0.15, -0.1) is 0 Å². The minimum atomic E-state index is -1.46. The van der Waals surface area contributed by atoms with Crippen molar-refractivity contribution in [1.29, 1.82) is 0 Å². The van der Waals surface area contributed by atoms with Gasteiger partial charge in [0.05, 0.1) is 5.69 Å². The van der Waals surface area contributed by atoms with Crippen LogP contribution in [0.5, 0.6) is 0 Å². The van der Waals surface area contributed by atoms with E-state index in [-0.39, 0.29) is 17.9 Å². The number of rotatable bonds is 4. The number of amides is 1. The van der Waals surface area contributed by atoms with E-state index in [4.69, 9.17) is 9.84 Å². The molecule has 0 unspecified atom stereocenters. The van der Waals surface area contributed by atoms with Crippen LogP contribution in [0.2, 0.25) is 0 Å². The summed E-state index contributed by atoms with van der Waals surface area (Å²) in [6, 6.07) is 11.7. The number of nitrogens with one attached hydrogen (secondary N) is 1. The smallest absolute Gasteiger partial charge is 0.411 e. The predicted octanol–water partition coefficient (Wildman–Crippen LogP) is 3.58. The van der Waals surface area contributed by atoms with Gasteiger partial charge in [-0.1, -0.05) is 36.4 Å². The molecule has 114 valence electrons. The minimum absolute atomic E-state index is 0.0312. The Kier molecular flexibility index (Phi) is 4.73. The van der Waals surface area contributed by atoms with Crippen molar-refractivity contribution in [3.63, 3.8) is 0 Å². The van der Waals surface area contributed by atoms with Crippen LogP contribution in [0.3, 0.4) is 0 Å². The van der Waals surface area contributed by atoms with Crippen LogP contribution in [0, 0.1) is 12.7 Å². The number of anilines is 1. The normalized spacial score (nSPS) is 10.1. The second kappa shape index (κ2) is 6.71. The van der Waals surface area contributed by atoms with Gasteiger partial charge < -0.3 is 9.84 Å². The predicted molar refractivity (Wildman–Crippen MR) is 78.3 cm³/mol. The van der Waals surface area contributed by atoms with Crippen LogP contribution in [0.1, 0.15) is 21.5 Å². The fourth-order valence-electron chi connectivity index (χ4n) is 1.86. The molecule has 2 aromatic carbocycles. The Balaban J connectivity index is 2.09. The highest BCUT2D eigenvalue weighted by atomic mass is 19.1. The Morgan fingerprint density at radius 2 is 1.86 bits per heavy atom. The lowest BCUT2D eigenvalue weighted by Crippen LogP contribution is -2.17. The highest BCUT2D eigenvalue weighted by molar-refractivity contribution is 5.99.